The van der Waals surface area contributed by atoms with Gasteiger partial charge in [-0.15, -0.1) is 0 Å². The number of carbonyl (C=O) groups excluding carboxylic acids is 3. The van der Waals surface area contributed by atoms with Gasteiger partial charge in [-0.05, 0) is 47.7 Å². The summed E-state index contributed by atoms with van der Waals surface area (Å²) in [6, 6.07) is 7.95. The first-order valence-electron chi connectivity index (χ1n) is 7.89. The molecule has 27 heavy (non-hydrogen) atoms. The van der Waals surface area contributed by atoms with Gasteiger partial charge >= 0.3 is 0 Å². The van der Waals surface area contributed by atoms with Crippen molar-refractivity contribution in [3.05, 3.63) is 52.8 Å². The molecule has 2 heterocycles. The minimum atomic E-state index is -0.551. The minimum absolute atomic E-state index is 0.0315. The van der Waals surface area contributed by atoms with Crippen LogP contribution < -0.4 is 10.1 Å². The second-order valence-corrected chi connectivity index (χ2v) is 6.55. The fourth-order valence-electron chi connectivity index (χ4n) is 2.37. The molecule has 1 saturated heterocycles. The molecular formula is C18H16N2O6S. The normalized spacial score (nSPS) is 15.4. The number of nitrogens with zero attached hydrogens (tertiary/aromatic N) is 1. The van der Waals surface area contributed by atoms with Crippen molar-refractivity contribution in [3.8, 4) is 11.5 Å². The summed E-state index contributed by atoms with van der Waals surface area (Å²) in [6.07, 6.45) is 2.99. The number of benzene rings is 1. The molecule has 3 amide bonds. The quantitative estimate of drug-likeness (QED) is 0.731. The fraction of sp³-hybridized carbons (Fsp3) is 0.167. The molecule has 1 aliphatic heterocycles. The van der Waals surface area contributed by atoms with E-state index in [9.17, 15) is 19.5 Å². The van der Waals surface area contributed by atoms with Crippen LogP contribution >= 0.6 is 11.8 Å². The Labute approximate surface area is 158 Å². The highest BCUT2D eigenvalue weighted by Gasteiger charge is 2.36. The van der Waals surface area contributed by atoms with E-state index < -0.39 is 17.1 Å². The number of imide groups is 1. The SMILES string of the molecule is COc1cc(/C=C2\SC(=O)N(CC(=O)NCc3ccco3)C2=O)ccc1O. The van der Waals surface area contributed by atoms with Gasteiger partial charge in [-0.25, -0.2) is 0 Å². The maximum atomic E-state index is 12.4. The number of hydrogen-bond donors (Lipinski definition) is 2. The molecule has 1 aliphatic rings. The van der Waals surface area contributed by atoms with Crippen molar-refractivity contribution in [2.75, 3.05) is 13.7 Å². The Morgan fingerprint density at radius 1 is 1.37 bits per heavy atom. The number of phenolic OH excluding ortho intramolecular Hbond substituents is 1. The second-order valence-electron chi connectivity index (χ2n) is 5.56. The number of nitrogens with one attached hydrogen (secondary N) is 1. The first-order chi connectivity index (χ1) is 13.0. The number of rotatable bonds is 6. The maximum absolute atomic E-state index is 12.4. The van der Waals surface area contributed by atoms with E-state index in [-0.39, 0.29) is 29.5 Å². The van der Waals surface area contributed by atoms with Crippen molar-refractivity contribution in [1.29, 1.82) is 0 Å². The maximum Gasteiger partial charge on any atom is 0.294 e. The van der Waals surface area contributed by atoms with Gasteiger partial charge < -0.3 is 19.6 Å². The van der Waals surface area contributed by atoms with Crippen molar-refractivity contribution >= 4 is 34.9 Å². The van der Waals surface area contributed by atoms with E-state index in [1.165, 1.54) is 25.5 Å². The van der Waals surface area contributed by atoms with Crippen molar-refractivity contribution < 1.29 is 28.6 Å². The highest BCUT2D eigenvalue weighted by atomic mass is 32.2. The number of aromatic hydroxyl groups is 1. The molecule has 3 rings (SSSR count). The highest BCUT2D eigenvalue weighted by Crippen LogP contribution is 2.33. The Kier molecular flexibility index (Phi) is 5.51. The van der Waals surface area contributed by atoms with E-state index in [4.69, 9.17) is 9.15 Å². The standard InChI is InChI=1S/C18H16N2O6S/c1-25-14-7-11(4-5-13(14)21)8-15-17(23)20(18(24)27-15)10-16(22)19-9-12-3-2-6-26-12/h2-8,21H,9-10H2,1H3,(H,19,22)/b15-8-. The van der Waals surface area contributed by atoms with Crippen LogP contribution in [0.15, 0.2) is 45.9 Å². The molecule has 0 aliphatic carbocycles. The number of ether oxygens (including phenoxy) is 1. The van der Waals surface area contributed by atoms with Gasteiger partial charge in [0.15, 0.2) is 11.5 Å². The van der Waals surface area contributed by atoms with Crippen LogP contribution in [0.1, 0.15) is 11.3 Å². The van der Waals surface area contributed by atoms with Crippen molar-refractivity contribution in [3.63, 3.8) is 0 Å². The lowest BCUT2D eigenvalue weighted by molar-refractivity contribution is -0.129. The third-order valence-electron chi connectivity index (χ3n) is 3.72. The van der Waals surface area contributed by atoms with E-state index >= 15 is 0 Å². The Hall–Kier alpha value is -3.20. The Bertz CT molecular complexity index is 907. The number of hydrogen-bond acceptors (Lipinski definition) is 7. The average Bonchev–Trinajstić information content (AvgIpc) is 3.26. The third-order valence-corrected chi connectivity index (χ3v) is 4.62. The van der Waals surface area contributed by atoms with Gasteiger partial charge in [0.05, 0.1) is 24.8 Å². The fourth-order valence-corrected chi connectivity index (χ4v) is 3.21. The lowest BCUT2D eigenvalue weighted by Crippen LogP contribution is -2.39. The summed E-state index contributed by atoms with van der Waals surface area (Å²) < 4.78 is 10.1. The Morgan fingerprint density at radius 2 is 2.19 bits per heavy atom. The van der Waals surface area contributed by atoms with Gasteiger partial charge in [-0.1, -0.05) is 6.07 Å². The predicted octanol–water partition coefficient (Wildman–Crippen LogP) is 2.35. The third kappa shape index (κ3) is 4.32. The van der Waals surface area contributed by atoms with Crippen LogP contribution in [0.4, 0.5) is 4.79 Å². The summed E-state index contributed by atoms with van der Waals surface area (Å²) in [5, 5.41) is 11.7. The van der Waals surface area contributed by atoms with Crippen LogP contribution in [0.25, 0.3) is 6.08 Å². The van der Waals surface area contributed by atoms with Crippen molar-refractivity contribution in [2.24, 2.45) is 0 Å². The summed E-state index contributed by atoms with van der Waals surface area (Å²) in [6.45, 7) is -0.202. The predicted molar refractivity (Wildman–Crippen MR) is 97.9 cm³/mol. The molecule has 9 heteroatoms. The lowest BCUT2D eigenvalue weighted by atomic mass is 10.2. The van der Waals surface area contributed by atoms with E-state index in [2.05, 4.69) is 5.32 Å². The number of amides is 3. The topological polar surface area (TPSA) is 109 Å². The smallest absolute Gasteiger partial charge is 0.294 e. The molecule has 2 aromatic rings. The Balaban J connectivity index is 1.66. The van der Waals surface area contributed by atoms with Crippen LogP contribution in [0.2, 0.25) is 0 Å². The largest absolute Gasteiger partial charge is 0.504 e. The molecule has 1 aromatic heterocycles. The first kappa shape index (κ1) is 18.6. The molecule has 0 unspecified atom stereocenters. The van der Waals surface area contributed by atoms with Crippen LogP contribution in [-0.4, -0.2) is 40.7 Å². The lowest BCUT2D eigenvalue weighted by Gasteiger charge is -2.11. The number of thioether (sulfide) groups is 1. The van der Waals surface area contributed by atoms with E-state index in [0.29, 0.717) is 11.3 Å². The molecule has 0 saturated carbocycles. The van der Waals surface area contributed by atoms with Gasteiger partial charge in [-0.2, -0.15) is 0 Å². The summed E-state index contributed by atoms with van der Waals surface area (Å²) in [4.78, 5) is 37.6. The van der Waals surface area contributed by atoms with E-state index in [1.54, 1.807) is 24.3 Å². The zero-order valence-electron chi connectivity index (χ0n) is 14.3. The molecule has 2 N–H and O–H groups in total. The van der Waals surface area contributed by atoms with Gasteiger partial charge in [0, 0.05) is 0 Å². The van der Waals surface area contributed by atoms with Crippen LogP contribution in [0.3, 0.4) is 0 Å². The summed E-state index contributed by atoms with van der Waals surface area (Å²) in [5.41, 5.74) is 0.581. The van der Waals surface area contributed by atoms with E-state index in [0.717, 1.165) is 16.7 Å². The summed E-state index contributed by atoms with van der Waals surface area (Å²) >= 11 is 0.749. The van der Waals surface area contributed by atoms with Gasteiger partial charge in [0.1, 0.15) is 12.3 Å². The molecule has 140 valence electrons. The van der Waals surface area contributed by atoms with Gasteiger partial charge in [-0.3, -0.25) is 19.3 Å². The van der Waals surface area contributed by atoms with Crippen molar-refractivity contribution in [1.82, 2.24) is 10.2 Å². The number of phenols is 1. The zero-order valence-corrected chi connectivity index (χ0v) is 15.1. The van der Waals surface area contributed by atoms with E-state index in [1.807, 2.05) is 0 Å². The highest BCUT2D eigenvalue weighted by molar-refractivity contribution is 8.18. The minimum Gasteiger partial charge on any atom is -0.504 e. The molecule has 1 aromatic carbocycles. The summed E-state index contributed by atoms with van der Waals surface area (Å²) in [7, 11) is 1.41. The van der Waals surface area contributed by atoms with Crippen LogP contribution in [0.5, 0.6) is 11.5 Å². The first-order valence-corrected chi connectivity index (χ1v) is 8.71. The molecule has 8 nitrogen and oxygen atoms in total. The second kappa shape index (κ2) is 8.00. The molecule has 0 bridgehead atoms. The zero-order chi connectivity index (χ0) is 19.4. The van der Waals surface area contributed by atoms with Gasteiger partial charge in [0.2, 0.25) is 5.91 Å². The molecule has 0 spiro atoms. The molecule has 0 radical (unpaired) electrons. The summed E-state index contributed by atoms with van der Waals surface area (Å²) in [5.74, 6) is -0.235. The monoisotopic (exact) mass is 388 g/mol. The number of carbonyl (C=O) groups is 3. The molecule has 0 atom stereocenters. The number of furan rings is 1. The average molecular weight is 388 g/mol. The Morgan fingerprint density at radius 3 is 2.89 bits per heavy atom. The van der Waals surface area contributed by atoms with Crippen LogP contribution in [0, 0.1) is 0 Å². The molecular weight excluding hydrogens is 372 g/mol. The molecule has 1 fully saturated rings. The van der Waals surface area contributed by atoms with Crippen LogP contribution in [-0.2, 0) is 16.1 Å². The van der Waals surface area contributed by atoms with Gasteiger partial charge in [0.25, 0.3) is 11.1 Å². The van der Waals surface area contributed by atoms with Crippen molar-refractivity contribution in [2.45, 2.75) is 6.54 Å². The number of methoxy groups -OCH3 is 1.